The molecule has 1 saturated carbocycles. The van der Waals surface area contributed by atoms with Crippen LogP contribution in [0.25, 0.3) is 0 Å². The van der Waals surface area contributed by atoms with Crippen molar-refractivity contribution in [1.82, 2.24) is 5.32 Å². The fourth-order valence-corrected chi connectivity index (χ4v) is 3.57. The molecule has 1 fully saturated rings. The van der Waals surface area contributed by atoms with E-state index in [4.69, 9.17) is 5.11 Å². The second-order valence-corrected chi connectivity index (χ2v) is 6.02. The molecule has 1 spiro atoms. The molecule has 0 aromatic heterocycles. The molecule has 3 nitrogen and oxygen atoms in total. The minimum atomic E-state index is -0.149. The number of fused-ring (bicyclic) bond motifs is 2. The summed E-state index contributed by atoms with van der Waals surface area (Å²) in [6, 6.07) is 8.40. The van der Waals surface area contributed by atoms with Gasteiger partial charge in [-0.2, -0.15) is 0 Å². The highest BCUT2D eigenvalue weighted by Gasteiger charge is 2.60. The molecule has 2 N–H and O–H groups in total. The third-order valence-electron chi connectivity index (χ3n) is 4.68. The first-order chi connectivity index (χ1) is 9.17. The summed E-state index contributed by atoms with van der Waals surface area (Å²) < 4.78 is 0. The van der Waals surface area contributed by atoms with Gasteiger partial charge in [-0.25, -0.2) is 0 Å². The van der Waals surface area contributed by atoms with Crippen LogP contribution in [0.1, 0.15) is 37.3 Å². The molecular formula is C16H21NO2. The highest BCUT2D eigenvalue weighted by atomic mass is 16.3. The third kappa shape index (κ3) is 2.06. The van der Waals surface area contributed by atoms with Gasteiger partial charge < -0.3 is 10.4 Å². The fraction of sp³-hybridized carbons (Fsp3) is 0.562. The van der Waals surface area contributed by atoms with Crippen molar-refractivity contribution in [3.05, 3.63) is 35.4 Å². The minimum absolute atomic E-state index is 0.00203. The number of aliphatic hydroxyl groups is 1. The number of hydrogen-bond donors (Lipinski definition) is 2. The van der Waals surface area contributed by atoms with E-state index in [0.29, 0.717) is 0 Å². The number of benzene rings is 1. The SMILES string of the molecule is CC(CO)NC(=O)C1CC12CCCc1ccccc12. The minimum Gasteiger partial charge on any atom is -0.394 e. The number of aryl methyl sites for hydroxylation is 1. The molecule has 19 heavy (non-hydrogen) atoms. The predicted octanol–water partition coefficient (Wildman–Crippen LogP) is 1.78. The zero-order valence-corrected chi connectivity index (χ0v) is 11.4. The van der Waals surface area contributed by atoms with Gasteiger partial charge in [0.2, 0.25) is 5.91 Å². The van der Waals surface area contributed by atoms with Crippen molar-refractivity contribution >= 4 is 5.91 Å². The van der Waals surface area contributed by atoms with Gasteiger partial charge in [0.05, 0.1) is 6.61 Å². The zero-order valence-electron chi connectivity index (χ0n) is 11.4. The summed E-state index contributed by atoms with van der Waals surface area (Å²) in [4.78, 5) is 12.2. The van der Waals surface area contributed by atoms with E-state index in [9.17, 15) is 4.79 Å². The Balaban J connectivity index is 1.80. The van der Waals surface area contributed by atoms with Gasteiger partial charge in [-0.05, 0) is 43.7 Å². The molecule has 3 unspecified atom stereocenters. The molecule has 102 valence electrons. The molecule has 0 bridgehead atoms. The normalized spacial score (nSPS) is 29.7. The molecule has 0 heterocycles. The monoisotopic (exact) mass is 259 g/mol. The Hall–Kier alpha value is -1.35. The zero-order chi connectivity index (χ0) is 13.5. The number of nitrogens with one attached hydrogen (secondary N) is 1. The van der Waals surface area contributed by atoms with Gasteiger partial charge in [0.25, 0.3) is 0 Å². The van der Waals surface area contributed by atoms with Crippen LogP contribution < -0.4 is 5.32 Å². The van der Waals surface area contributed by atoms with Gasteiger partial charge in [-0.3, -0.25) is 4.79 Å². The smallest absolute Gasteiger partial charge is 0.224 e. The first kappa shape index (κ1) is 12.7. The van der Waals surface area contributed by atoms with Crippen LogP contribution in [0.3, 0.4) is 0 Å². The van der Waals surface area contributed by atoms with Crippen LogP contribution in [0.5, 0.6) is 0 Å². The first-order valence-corrected chi connectivity index (χ1v) is 7.17. The standard InChI is InChI=1S/C16H21NO2/c1-11(10-18)17-15(19)14-9-16(14)8-4-6-12-5-2-3-7-13(12)16/h2-3,5,7,11,14,18H,4,6,8-10H2,1H3,(H,17,19). The molecule has 1 amide bonds. The molecule has 3 heteroatoms. The molecule has 2 aliphatic rings. The summed E-state index contributed by atoms with van der Waals surface area (Å²) >= 11 is 0. The molecular weight excluding hydrogens is 238 g/mol. The summed E-state index contributed by atoms with van der Waals surface area (Å²) in [5.74, 6) is 0.209. The number of rotatable bonds is 3. The molecule has 0 saturated heterocycles. The summed E-state index contributed by atoms with van der Waals surface area (Å²) in [6.45, 7) is 1.84. The number of carbonyl (C=O) groups is 1. The van der Waals surface area contributed by atoms with Crippen molar-refractivity contribution in [2.24, 2.45) is 5.92 Å². The largest absolute Gasteiger partial charge is 0.394 e. The van der Waals surface area contributed by atoms with E-state index in [2.05, 4.69) is 29.6 Å². The molecule has 3 rings (SSSR count). The fourth-order valence-electron chi connectivity index (χ4n) is 3.57. The Bertz CT molecular complexity index is 499. The Morgan fingerprint density at radius 3 is 3.11 bits per heavy atom. The molecule has 0 radical (unpaired) electrons. The average Bonchev–Trinajstić information content (AvgIpc) is 3.14. The molecule has 1 aromatic carbocycles. The van der Waals surface area contributed by atoms with Gasteiger partial charge in [-0.15, -0.1) is 0 Å². The number of carbonyl (C=O) groups excluding carboxylic acids is 1. The Morgan fingerprint density at radius 2 is 2.32 bits per heavy atom. The molecule has 0 aliphatic heterocycles. The maximum absolute atomic E-state index is 12.2. The maximum Gasteiger partial charge on any atom is 0.224 e. The predicted molar refractivity (Wildman–Crippen MR) is 73.9 cm³/mol. The topological polar surface area (TPSA) is 49.3 Å². The van der Waals surface area contributed by atoms with Crippen LogP contribution in [0.15, 0.2) is 24.3 Å². The van der Waals surface area contributed by atoms with E-state index in [1.165, 1.54) is 17.5 Å². The van der Waals surface area contributed by atoms with Crippen molar-refractivity contribution < 1.29 is 9.90 Å². The van der Waals surface area contributed by atoms with Crippen molar-refractivity contribution in [2.75, 3.05) is 6.61 Å². The Morgan fingerprint density at radius 1 is 1.53 bits per heavy atom. The van der Waals surface area contributed by atoms with Crippen LogP contribution in [0, 0.1) is 5.92 Å². The van der Waals surface area contributed by atoms with Crippen LogP contribution in [-0.2, 0) is 16.6 Å². The second kappa shape index (κ2) is 4.64. The summed E-state index contributed by atoms with van der Waals surface area (Å²) in [7, 11) is 0. The first-order valence-electron chi connectivity index (χ1n) is 7.17. The van der Waals surface area contributed by atoms with E-state index in [-0.39, 0.29) is 29.9 Å². The molecule has 3 atom stereocenters. The summed E-state index contributed by atoms with van der Waals surface area (Å²) in [5.41, 5.74) is 2.89. The van der Waals surface area contributed by atoms with Crippen LogP contribution in [0.4, 0.5) is 0 Å². The lowest BCUT2D eigenvalue weighted by Crippen LogP contribution is -2.38. The second-order valence-electron chi connectivity index (χ2n) is 6.02. The van der Waals surface area contributed by atoms with Crippen molar-refractivity contribution in [1.29, 1.82) is 0 Å². The quantitative estimate of drug-likeness (QED) is 0.869. The van der Waals surface area contributed by atoms with E-state index in [1.807, 2.05) is 6.92 Å². The van der Waals surface area contributed by atoms with E-state index in [0.717, 1.165) is 19.3 Å². The lowest BCUT2D eigenvalue weighted by atomic mass is 9.78. The van der Waals surface area contributed by atoms with Crippen LogP contribution >= 0.6 is 0 Å². The van der Waals surface area contributed by atoms with Gasteiger partial charge in [0, 0.05) is 17.4 Å². The van der Waals surface area contributed by atoms with Gasteiger partial charge in [-0.1, -0.05) is 24.3 Å². The lowest BCUT2D eigenvalue weighted by molar-refractivity contribution is -0.123. The molecule has 2 aliphatic carbocycles. The summed E-state index contributed by atoms with van der Waals surface area (Å²) in [6.07, 6.45) is 4.40. The number of hydrogen-bond acceptors (Lipinski definition) is 2. The Labute approximate surface area is 114 Å². The third-order valence-corrected chi connectivity index (χ3v) is 4.68. The highest BCUT2D eigenvalue weighted by molar-refractivity contribution is 5.85. The lowest BCUT2D eigenvalue weighted by Gasteiger charge is -2.26. The van der Waals surface area contributed by atoms with Crippen molar-refractivity contribution in [2.45, 2.75) is 44.1 Å². The van der Waals surface area contributed by atoms with Gasteiger partial charge in [0.15, 0.2) is 0 Å². The Kier molecular flexibility index (Phi) is 3.09. The van der Waals surface area contributed by atoms with Crippen molar-refractivity contribution in [3.8, 4) is 0 Å². The highest BCUT2D eigenvalue weighted by Crippen LogP contribution is 2.60. The van der Waals surface area contributed by atoms with Gasteiger partial charge >= 0.3 is 0 Å². The van der Waals surface area contributed by atoms with E-state index < -0.39 is 0 Å². The van der Waals surface area contributed by atoms with E-state index >= 15 is 0 Å². The van der Waals surface area contributed by atoms with Gasteiger partial charge in [0.1, 0.15) is 0 Å². The van der Waals surface area contributed by atoms with E-state index in [1.54, 1.807) is 0 Å². The molecule has 1 aromatic rings. The average molecular weight is 259 g/mol. The summed E-state index contributed by atoms with van der Waals surface area (Å²) in [5, 5.41) is 11.9. The maximum atomic E-state index is 12.2. The number of aliphatic hydroxyl groups excluding tert-OH is 1. The van der Waals surface area contributed by atoms with Crippen molar-refractivity contribution in [3.63, 3.8) is 0 Å². The van der Waals surface area contributed by atoms with Crippen LogP contribution in [-0.4, -0.2) is 23.7 Å². The van der Waals surface area contributed by atoms with Crippen LogP contribution in [0.2, 0.25) is 0 Å². The number of amides is 1.